The second-order valence-corrected chi connectivity index (χ2v) is 10.3. The SMILES string of the molecule is Cc1ccc(CS(=O)(=O)Nc2cc(N3CCCS3(=O)=O)ccc2C)cc1. The minimum Gasteiger partial charge on any atom is -0.283 e. The third-order valence-electron chi connectivity index (χ3n) is 4.35. The molecule has 0 aliphatic carbocycles. The van der Waals surface area contributed by atoms with Crippen molar-refractivity contribution in [3.05, 3.63) is 59.2 Å². The molecule has 0 amide bonds. The molecule has 0 spiro atoms. The molecule has 1 fully saturated rings. The predicted octanol–water partition coefficient (Wildman–Crippen LogP) is 2.79. The molecule has 1 aliphatic rings. The van der Waals surface area contributed by atoms with Crippen LogP contribution in [0.25, 0.3) is 0 Å². The van der Waals surface area contributed by atoms with Crippen LogP contribution in [0.3, 0.4) is 0 Å². The quantitative estimate of drug-likeness (QED) is 0.845. The number of aryl methyl sites for hydroxylation is 2. The molecule has 6 nitrogen and oxygen atoms in total. The Bertz CT molecular complexity index is 1010. The smallest absolute Gasteiger partial charge is 0.236 e. The first-order valence-electron chi connectivity index (χ1n) is 8.33. The Morgan fingerprint density at radius 3 is 2.38 bits per heavy atom. The highest BCUT2D eigenvalue weighted by atomic mass is 32.2. The van der Waals surface area contributed by atoms with Crippen LogP contribution in [0.15, 0.2) is 42.5 Å². The van der Waals surface area contributed by atoms with E-state index >= 15 is 0 Å². The second kappa shape index (κ2) is 6.92. The molecule has 0 aromatic heterocycles. The van der Waals surface area contributed by atoms with Crippen LogP contribution in [-0.4, -0.2) is 29.1 Å². The minimum absolute atomic E-state index is 0.120. The molecule has 1 N–H and O–H groups in total. The molecule has 0 radical (unpaired) electrons. The number of anilines is 2. The molecule has 0 saturated carbocycles. The first-order chi connectivity index (χ1) is 12.2. The average molecular weight is 395 g/mol. The molecule has 2 aromatic rings. The topological polar surface area (TPSA) is 83.6 Å². The largest absolute Gasteiger partial charge is 0.283 e. The van der Waals surface area contributed by atoms with Crippen LogP contribution < -0.4 is 9.03 Å². The first kappa shape index (κ1) is 18.7. The maximum Gasteiger partial charge on any atom is 0.236 e. The van der Waals surface area contributed by atoms with Crippen molar-refractivity contribution >= 4 is 31.4 Å². The van der Waals surface area contributed by atoms with Crippen LogP contribution >= 0.6 is 0 Å². The zero-order valence-corrected chi connectivity index (χ0v) is 16.4. The van der Waals surface area contributed by atoms with E-state index in [4.69, 9.17) is 0 Å². The summed E-state index contributed by atoms with van der Waals surface area (Å²) in [7, 11) is -6.92. The van der Waals surface area contributed by atoms with Crippen LogP contribution in [0.4, 0.5) is 11.4 Å². The van der Waals surface area contributed by atoms with Gasteiger partial charge in [0, 0.05) is 6.54 Å². The molecule has 2 aromatic carbocycles. The van der Waals surface area contributed by atoms with Crippen molar-refractivity contribution in [3.8, 4) is 0 Å². The molecule has 0 atom stereocenters. The molecular formula is C18H22N2O4S2. The van der Waals surface area contributed by atoms with Gasteiger partial charge in [0.2, 0.25) is 20.0 Å². The van der Waals surface area contributed by atoms with Gasteiger partial charge in [0.15, 0.2) is 0 Å². The van der Waals surface area contributed by atoms with Gasteiger partial charge in [-0.15, -0.1) is 0 Å². The highest BCUT2D eigenvalue weighted by molar-refractivity contribution is 7.93. The fourth-order valence-electron chi connectivity index (χ4n) is 2.91. The Kier molecular flexibility index (Phi) is 4.98. The molecule has 3 rings (SSSR count). The average Bonchev–Trinajstić information content (AvgIpc) is 2.91. The highest BCUT2D eigenvalue weighted by Gasteiger charge is 2.28. The molecule has 0 unspecified atom stereocenters. The lowest BCUT2D eigenvalue weighted by Gasteiger charge is -2.19. The summed E-state index contributed by atoms with van der Waals surface area (Å²) in [6, 6.07) is 12.3. The van der Waals surface area contributed by atoms with E-state index in [-0.39, 0.29) is 11.5 Å². The molecule has 1 aliphatic heterocycles. The van der Waals surface area contributed by atoms with Gasteiger partial charge in [0.25, 0.3) is 0 Å². The predicted molar refractivity (Wildman–Crippen MR) is 104 cm³/mol. The number of rotatable bonds is 5. The molecule has 26 heavy (non-hydrogen) atoms. The van der Waals surface area contributed by atoms with Gasteiger partial charge >= 0.3 is 0 Å². The van der Waals surface area contributed by atoms with Crippen molar-refractivity contribution in [3.63, 3.8) is 0 Å². The molecule has 140 valence electrons. The van der Waals surface area contributed by atoms with Gasteiger partial charge in [-0.3, -0.25) is 9.03 Å². The van der Waals surface area contributed by atoms with E-state index in [0.29, 0.717) is 29.9 Å². The van der Waals surface area contributed by atoms with E-state index in [2.05, 4.69) is 4.72 Å². The molecule has 0 bridgehead atoms. The van der Waals surface area contributed by atoms with Crippen LogP contribution in [-0.2, 0) is 25.8 Å². The van der Waals surface area contributed by atoms with Crippen LogP contribution in [0.5, 0.6) is 0 Å². The van der Waals surface area contributed by atoms with Crippen LogP contribution in [0, 0.1) is 13.8 Å². The number of benzene rings is 2. The molecule has 1 saturated heterocycles. The Labute approximate surface area is 155 Å². The van der Waals surface area contributed by atoms with E-state index in [0.717, 1.165) is 11.1 Å². The summed E-state index contributed by atoms with van der Waals surface area (Å²) < 4.78 is 53.2. The van der Waals surface area contributed by atoms with Crippen LogP contribution in [0.1, 0.15) is 23.1 Å². The zero-order valence-electron chi connectivity index (χ0n) is 14.8. The van der Waals surface area contributed by atoms with Gasteiger partial charge in [-0.05, 0) is 43.5 Å². The van der Waals surface area contributed by atoms with Gasteiger partial charge in [-0.1, -0.05) is 35.9 Å². The summed E-state index contributed by atoms with van der Waals surface area (Å²) >= 11 is 0. The number of hydrogen-bond acceptors (Lipinski definition) is 4. The van der Waals surface area contributed by atoms with E-state index in [1.54, 1.807) is 37.3 Å². The molecule has 1 heterocycles. The van der Waals surface area contributed by atoms with Gasteiger partial charge in [-0.25, -0.2) is 16.8 Å². The monoisotopic (exact) mass is 394 g/mol. The lowest BCUT2D eigenvalue weighted by atomic mass is 10.2. The number of hydrogen-bond donors (Lipinski definition) is 1. The Hall–Kier alpha value is -2.06. The fraction of sp³-hybridized carbons (Fsp3) is 0.333. The summed E-state index contributed by atoms with van der Waals surface area (Å²) in [4.78, 5) is 0. The van der Waals surface area contributed by atoms with Crippen molar-refractivity contribution in [2.24, 2.45) is 0 Å². The summed E-state index contributed by atoms with van der Waals surface area (Å²) in [6.45, 7) is 4.14. The molecule has 8 heteroatoms. The molecular weight excluding hydrogens is 372 g/mol. The second-order valence-electron chi connectivity index (χ2n) is 6.59. The van der Waals surface area contributed by atoms with Crippen molar-refractivity contribution in [2.75, 3.05) is 21.3 Å². The summed E-state index contributed by atoms with van der Waals surface area (Å²) in [5.74, 6) is -0.0195. The van der Waals surface area contributed by atoms with Crippen molar-refractivity contribution in [1.82, 2.24) is 0 Å². The summed E-state index contributed by atoms with van der Waals surface area (Å²) in [5.41, 5.74) is 3.38. The summed E-state index contributed by atoms with van der Waals surface area (Å²) in [6.07, 6.45) is 0.574. The van der Waals surface area contributed by atoms with Gasteiger partial charge < -0.3 is 0 Å². The van der Waals surface area contributed by atoms with E-state index < -0.39 is 20.0 Å². The van der Waals surface area contributed by atoms with E-state index in [1.165, 1.54) is 4.31 Å². The van der Waals surface area contributed by atoms with Crippen molar-refractivity contribution in [1.29, 1.82) is 0 Å². The lowest BCUT2D eigenvalue weighted by molar-refractivity contribution is 0.598. The van der Waals surface area contributed by atoms with E-state index in [9.17, 15) is 16.8 Å². The zero-order chi connectivity index (χ0) is 18.9. The summed E-state index contributed by atoms with van der Waals surface area (Å²) in [5, 5.41) is 0. The third kappa shape index (κ3) is 4.19. The maximum absolute atomic E-state index is 12.5. The minimum atomic E-state index is -3.61. The number of sulfonamides is 2. The Balaban J connectivity index is 1.84. The Morgan fingerprint density at radius 1 is 1.08 bits per heavy atom. The maximum atomic E-state index is 12.5. The third-order valence-corrected chi connectivity index (χ3v) is 7.46. The highest BCUT2D eigenvalue weighted by Crippen LogP contribution is 2.29. The standard InChI is InChI=1S/C18H22N2O4S2/c1-14-4-7-16(8-5-14)13-25(21,22)19-18-12-17(9-6-15(18)2)20-10-3-11-26(20,23)24/h4-9,12,19H,3,10-11,13H2,1-2H3. The van der Waals surface area contributed by atoms with E-state index in [1.807, 2.05) is 19.1 Å². The van der Waals surface area contributed by atoms with Gasteiger partial charge in [0.1, 0.15) is 0 Å². The van der Waals surface area contributed by atoms with Gasteiger partial charge in [-0.2, -0.15) is 0 Å². The first-order valence-corrected chi connectivity index (χ1v) is 11.6. The van der Waals surface area contributed by atoms with Gasteiger partial charge in [0.05, 0.1) is 22.9 Å². The number of nitrogens with zero attached hydrogens (tertiary/aromatic N) is 1. The number of nitrogens with one attached hydrogen (secondary N) is 1. The van der Waals surface area contributed by atoms with Crippen molar-refractivity contribution in [2.45, 2.75) is 26.0 Å². The van der Waals surface area contributed by atoms with Crippen LogP contribution in [0.2, 0.25) is 0 Å². The Morgan fingerprint density at radius 2 is 1.77 bits per heavy atom. The van der Waals surface area contributed by atoms with Crippen molar-refractivity contribution < 1.29 is 16.8 Å². The normalized spacial score (nSPS) is 16.6. The fourth-order valence-corrected chi connectivity index (χ4v) is 5.73. The lowest BCUT2D eigenvalue weighted by Crippen LogP contribution is -2.25.